The third kappa shape index (κ3) is 4.99. The Bertz CT molecular complexity index is 702. The number of rotatable bonds is 6. The molecule has 1 amide bonds. The van der Waals surface area contributed by atoms with E-state index in [0.29, 0.717) is 24.6 Å². The van der Waals surface area contributed by atoms with Crippen LogP contribution >= 0.6 is 12.4 Å². The van der Waals surface area contributed by atoms with Crippen LogP contribution in [0.25, 0.3) is 0 Å². The van der Waals surface area contributed by atoms with E-state index in [-0.39, 0.29) is 24.4 Å². The van der Waals surface area contributed by atoms with Crippen molar-refractivity contribution in [2.45, 2.75) is 38.3 Å². The van der Waals surface area contributed by atoms with Crippen molar-refractivity contribution in [1.82, 2.24) is 15.1 Å². The first-order valence-electron chi connectivity index (χ1n) is 8.86. The molecule has 142 valence electrons. The van der Waals surface area contributed by atoms with Gasteiger partial charge in [0, 0.05) is 12.2 Å². The van der Waals surface area contributed by atoms with E-state index in [0.717, 1.165) is 30.6 Å². The highest BCUT2D eigenvalue weighted by Crippen LogP contribution is 2.23. The van der Waals surface area contributed by atoms with Gasteiger partial charge < -0.3 is 15.8 Å². The lowest BCUT2D eigenvalue weighted by atomic mass is 9.84. The number of benzene rings is 1. The number of methoxy groups -OCH3 is 1. The lowest BCUT2D eigenvalue weighted by molar-refractivity contribution is 0.0908. The summed E-state index contributed by atoms with van der Waals surface area (Å²) in [6, 6.07) is 8.00. The smallest absolute Gasteiger partial charge is 0.254 e. The highest BCUT2D eigenvalue weighted by atomic mass is 35.5. The molecule has 1 aromatic carbocycles. The van der Waals surface area contributed by atoms with Gasteiger partial charge in [-0.15, -0.1) is 12.4 Å². The van der Waals surface area contributed by atoms with Crippen molar-refractivity contribution in [3.05, 3.63) is 47.8 Å². The lowest BCUT2D eigenvalue weighted by Gasteiger charge is -2.31. The SMILES string of the molecule is COc1ccc(Cn2cc(C(=O)NC3CCCCC3CN)cn2)cc1.Cl. The molecule has 7 heteroatoms. The zero-order chi connectivity index (χ0) is 17.6. The van der Waals surface area contributed by atoms with Crippen molar-refractivity contribution in [2.24, 2.45) is 11.7 Å². The van der Waals surface area contributed by atoms with Crippen LogP contribution in [0.4, 0.5) is 0 Å². The van der Waals surface area contributed by atoms with Gasteiger partial charge in [0.05, 0.1) is 25.4 Å². The molecular weight excluding hydrogens is 352 g/mol. The number of hydrogen-bond acceptors (Lipinski definition) is 4. The Labute approximate surface area is 160 Å². The van der Waals surface area contributed by atoms with Gasteiger partial charge in [-0.25, -0.2) is 0 Å². The average Bonchev–Trinajstić information content (AvgIpc) is 3.11. The highest BCUT2D eigenvalue weighted by molar-refractivity contribution is 5.93. The van der Waals surface area contributed by atoms with E-state index in [4.69, 9.17) is 10.5 Å². The second-order valence-electron chi connectivity index (χ2n) is 6.63. The quantitative estimate of drug-likeness (QED) is 0.809. The van der Waals surface area contributed by atoms with Crippen LogP contribution < -0.4 is 15.8 Å². The van der Waals surface area contributed by atoms with Crippen LogP contribution in [0.1, 0.15) is 41.6 Å². The zero-order valence-electron chi connectivity index (χ0n) is 15.1. The first kappa shape index (κ1) is 20.3. The number of halogens is 1. The summed E-state index contributed by atoms with van der Waals surface area (Å²) < 4.78 is 6.94. The van der Waals surface area contributed by atoms with Gasteiger partial charge in [0.2, 0.25) is 0 Å². The van der Waals surface area contributed by atoms with E-state index in [1.807, 2.05) is 24.3 Å². The summed E-state index contributed by atoms with van der Waals surface area (Å²) in [6.07, 6.45) is 7.87. The number of nitrogens with one attached hydrogen (secondary N) is 1. The van der Waals surface area contributed by atoms with Crippen LogP contribution in [0, 0.1) is 5.92 Å². The minimum atomic E-state index is -0.0636. The number of hydrogen-bond donors (Lipinski definition) is 2. The van der Waals surface area contributed by atoms with Crippen LogP contribution in [0.3, 0.4) is 0 Å². The van der Waals surface area contributed by atoms with E-state index >= 15 is 0 Å². The van der Waals surface area contributed by atoms with Gasteiger partial charge in [-0.3, -0.25) is 9.48 Å². The molecule has 1 saturated carbocycles. The number of carbonyl (C=O) groups excluding carboxylic acids is 1. The largest absolute Gasteiger partial charge is 0.497 e. The number of nitrogens with two attached hydrogens (primary N) is 1. The van der Waals surface area contributed by atoms with Crippen LogP contribution in [0.5, 0.6) is 5.75 Å². The molecular formula is C19H27ClN4O2. The van der Waals surface area contributed by atoms with Crippen LogP contribution in [0.15, 0.2) is 36.7 Å². The van der Waals surface area contributed by atoms with Crippen LogP contribution in [-0.2, 0) is 6.54 Å². The number of amides is 1. The summed E-state index contributed by atoms with van der Waals surface area (Å²) in [7, 11) is 1.65. The third-order valence-electron chi connectivity index (χ3n) is 4.93. The Hall–Kier alpha value is -2.05. The molecule has 3 rings (SSSR count). The molecule has 3 N–H and O–H groups in total. The van der Waals surface area contributed by atoms with Gasteiger partial charge in [0.25, 0.3) is 5.91 Å². The molecule has 1 aliphatic carbocycles. The zero-order valence-corrected chi connectivity index (χ0v) is 15.9. The van der Waals surface area contributed by atoms with E-state index < -0.39 is 0 Å². The second-order valence-corrected chi connectivity index (χ2v) is 6.63. The number of ether oxygens (including phenoxy) is 1. The van der Waals surface area contributed by atoms with Crippen LogP contribution in [0.2, 0.25) is 0 Å². The number of carbonyl (C=O) groups is 1. The topological polar surface area (TPSA) is 82.2 Å². The summed E-state index contributed by atoms with van der Waals surface area (Å²) in [5.74, 6) is 1.14. The Balaban J connectivity index is 0.00000243. The van der Waals surface area contributed by atoms with Crippen molar-refractivity contribution in [3.63, 3.8) is 0 Å². The minimum absolute atomic E-state index is 0. The van der Waals surface area contributed by atoms with E-state index in [1.54, 1.807) is 24.2 Å². The fourth-order valence-electron chi connectivity index (χ4n) is 3.42. The van der Waals surface area contributed by atoms with Crippen molar-refractivity contribution in [1.29, 1.82) is 0 Å². The molecule has 2 unspecified atom stereocenters. The maximum absolute atomic E-state index is 12.5. The van der Waals surface area contributed by atoms with E-state index in [2.05, 4.69) is 10.4 Å². The molecule has 0 radical (unpaired) electrons. The van der Waals surface area contributed by atoms with Crippen LogP contribution in [-0.4, -0.2) is 35.4 Å². The van der Waals surface area contributed by atoms with Crippen molar-refractivity contribution >= 4 is 18.3 Å². The fraction of sp³-hybridized carbons (Fsp3) is 0.474. The normalized spacial score (nSPS) is 19.5. The summed E-state index contributed by atoms with van der Waals surface area (Å²) in [4.78, 5) is 12.5. The highest BCUT2D eigenvalue weighted by Gasteiger charge is 2.26. The standard InChI is InChI=1S/C19H26N4O2.ClH/c1-25-17-8-6-14(7-9-17)12-23-13-16(11-21-23)19(24)22-18-5-3-2-4-15(18)10-20;/h6-9,11,13,15,18H,2-5,10,12,20H2,1H3,(H,22,24);1H. The maximum Gasteiger partial charge on any atom is 0.254 e. The molecule has 6 nitrogen and oxygen atoms in total. The van der Waals surface area contributed by atoms with E-state index in [9.17, 15) is 4.79 Å². The molecule has 0 aliphatic heterocycles. The second kappa shape index (κ2) is 9.59. The summed E-state index contributed by atoms with van der Waals surface area (Å²) in [5.41, 5.74) is 7.54. The summed E-state index contributed by atoms with van der Waals surface area (Å²) >= 11 is 0. The predicted octanol–water partition coefficient (Wildman–Crippen LogP) is 2.61. The first-order chi connectivity index (χ1) is 12.2. The molecule has 2 atom stereocenters. The Kier molecular flexibility index (Phi) is 7.48. The Morgan fingerprint density at radius 1 is 1.31 bits per heavy atom. The summed E-state index contributed by atoms with van der Waals surface area (Å²) in [5, 5.41) is 7.45. The maximum atomic E-state index is 12.5. The molecule has 1 aromatic heterocycles. The monoisotopic (exact) mass is 378 g/mol. The fourth-order valence-corrected chi connectivity index (χ4v) is 3.42. The molecule has 2 aromatic rings. The molecule has 0 saturated heterocycles. The van der Waals surface area contributed by atoms with E-state index in [1.165, 1.54) is 6.42 Å². The summed E-state index contributed by atoms with van der Waals surface area (Å²) in [6.45, 7) is 1.24. The van der Waals surface area contributed by atoms with Gasteiger partial charge in [0.15, 0.2) is 0 Å². The average molecular weight is 379 g/mol. The van der Waals surface area contributed by atoms with Gasteiger partial charge >= 0.3 is 0 Å². The molecule has 1 fully saturated rings. The Morgan fingerprint density at radius 3 is 2.73 bits per heavy atom. The van der Waals surface area contributed by atoms with Gasteiger partial charge in [-0.2, -0.15) is 5.10 Å². The van der Waals surface area contributed by atoms with Crippen molar-refractivity contribution in [2.75, 3.05) is 13.7 Å². The molecule has 0 spiro atoms. The Morgan fingerprint density at radius 2 is 2.04 bits per heavy atom. The number of aromatic nitrogens is 2. The number of nitrogens with zero attached hydrogens (tertiary/aromatic N) is 2. The minimum Gasteiger partial charge on any atom is -0.497 e. The van der Waals surface area contributed by atoms with Gasteiger partial charge in [-0.1, -0.05) is 25.0 Å². The van der Waals surface area contributed by atoms with Gasteiger partial charge in [0.1, 0.15) is 5.75 Å². The molecule has 1 heterocycles. The molecule has 26 heavy (non-hydrogen) atoms. The first-order valence-corrected chi connectivity index (χ1v) is 8.86. The lowest BCUT2D eigenvalue weighted by Crippen LogP contribution is -2.44. The van der Waals surface area contributed by atoms with Gasteiger partial charge in [-0.05, 0) is 43.0 Å². The molecule has 0 bridgehead atoms. The third-order valence-corrected chi connectivity index (χ3v) is 4.93. The van der Waals surface area contributed by atoms with Crippen molar-refractivity contribution in [3.8, 4) is 5.75 Å². The van der Waals surface area contributed by atoms with Crippen molar-refractivity contribution < 1.29 is 9.53 Å². The molecule has 1 aliphatic rings. The predicted molar refractivity (Wildman–Crippen MR) is 104 cm³/mol.